The molecule has 1 N–H and O–H groups in total. The van der Waals surface area contributed by atoms with Crippen molar-refractivity contribution in [1.29, 1.82) is 0 Å². The van der Waals surface area contributed by atoms with Gasteiger partial charge in [-0.3, -0.25) is 9.59 Å². The lowest BCUT2D eigenvalue weighted by Crippen LogP contribution is -2.35. The summed E-state index contributed by atoms with van der Waals surface area (Å²) in [5.41, 5.74) is 0.926. The van der Waals surface area contributed by atoms with E-state index in [0.29, 0.717) is 30.8 Å². The summed E-state index contributed by atoms with van der Waals surface area (Å²) >= 11 is 1.25. The molecule has 0 bridgehead atoms. The minimum Gasteiger partial charge on any atom is -0.481 e. The van der Waals surface area contributed by atoms with Gasteiger partial charge in [0.2, 0.25) is 5.91 Å². The molecule has 2 heterocycles. The van der Waals surface area contributed by atoms with E-state index in [0.717, 1.165) is 6.42 Å². The quantitative estimate of drug-likeness (QED) is 0.738. The lowest BCUT2D eigenvalue weighted by Gasteiger charge is -2.31. The first-order chi connectivity index (χ1) is 13.6. The van der Waals surface area contributed by atoms with Crippen LogP contribution in [0.1, 0.15) is 51.0 Å². The number of hydrogen-bond acceptors (Lipinski definition) is 4. The number of thioether (sulfide) groups is 1. The molecule has 1 amide bonds. The number of carboxylic acids is 1. The monoisotopic (exact) mass is 426 g/mol. The van der Waals surface area contributed by atoms with Crippen LogP contribution in [0.3, 0.4) is 0 Å². The largest absolute Gasteiger partial charge is 0.481 e. The highest BCUT2D eigenvalue weighted by Gasteiger charge is 2.44. The van der Waals surface area contributed by atoms with Crippen LogP contribution in [-0.2, 0) is 9.59 Å². The molecule has 2 saturated heterocycles. The fourth-order valence-corrected chi connectivity index (χ4v) is 5.29. The summed E-state index contributed by atoms with van der Waals surface area (Å²) in [5.74, 6) is -1.71. The van der Waals surface area contributed by atoms with E-state index in [4.69, 9.17) is 0 Å². The summed E-state index contributed by atoms with van der Waals surface area (Å²) in [6, 6.07) is 4.71. The lowest BCUT2D eigenvalue weighted by atomic mass is 9.92. The molecule has 2 fully saturated rings. The van der Waals surface area contributed by atoms with E-state index in [1.54, 1.807) is 21.9 Å². The van der Waals surface area contributed by atoms with Crippen molar-refractivity contribution >= 4 is 29.3 Å². The molecule has 3 atom stereocenters. The zero-order valence-electron chi connectivity index (χ0n) is 17.0. The number of nitrogens with zero attached hydrogens (tertiary/aromatic N) is 2. The number of aliphatic carboxylic acids is 1. The number of benzene rings is 1. The average molecular weight is 427 g/mol. The molecule has 2 aliphatic rings. The molecule has 2 aliphatic heterocycles. The third-order valence-corrected chi connectivity index (χ3v) is 6.79. The Bertz CT molecular complexity index is 784. The van der Waals surface area contributed by atoms with Gasteiger partial charge in [-0.05, 0) is 24.3 Å². The average Bonchev–Trinajstić information content (AvgIpc) is 3.16. The van der Waals surface area contributed by atoms with E-state index in [1.165, 1.54) is 17.8 Å². The number of halogens is 2. The van der Waals surface area contributed by atoms with Crippen molar-refractivity contribution in [3.05, 3.63) is 29.6 Å². The van der Waals surface area contributed by atoms with Crippen LogP contribution >= 0.6 is 11.8 Å². The highest BCUT2D eigenvalue weighted by molar-refractivity contribution is 8.01. The highest BCUT2D eigenvalue weighted by atomic mass is 32.2. The summed E-state index contributed by atoms with van der Waals surface area (Å²) in [4.78, 5) is 27.6. The first-order valence-electron chi connectivity index (χ1n) is 9.92. The minimum absolute atomic E-state index is 0.0124. The molecule has 1 aromatic carbocycles. The Labute approximate surface area is 174 Å². The first kappa shape index (κ1) is 21.9. The molecular weight excluding hydrogens is 398 g/mol. The number of amides is 1. The predicted octanol–water partition coefficient (Wildman–Crippen LogP) is 4.23. The lowest BCUT2D eigenvalue weighted by molar-refractivity contribution is -0.140. The molecule has 0 radical (unpaired) electrons. The number of anilines is 1. The van der Waals surface area contributed by atoms with Gasteiger partial charge in [-0.25, -0.2) is 8.78 Å². The summed E-state index contributed by atoms with van der Waals surface area (Å²) in [6.45, 7) is 7.22. The van der Waals surface area contributed by atoms with Crippen LogP contribution in [0.15, 0.2) is 18.2 Å². The first-order valence-corrected chi connectivity index (χ1v) is 10.9. The Balaban J connectivity index is 1.96. The molecule has 8 heteroatoms. The van der Waals surface area contributed by atoms with Crippen molar-refractivity contribution in [2.45, 2.75) is 56.8 Å². The normalized spacial score (nSPS) is 25.1. The number of carboxylic acid groups (broad SMARTS) is 1. The second-order valence-electron chi connectivity index (χ2n) is 8.93. The summed E-state index contributed by atoms with van der Waals surface area (Å²) in [6.07, 6.45) is -0.194. The molecular formula is C21H28F2N2O3S. The summed E-state index contributed by atoms with van der Waals surface area (Å²) in [7, 11) is 0. The fourth-order valence-electron chi connectivity index (χ4n) is 3.79. The van der Waals surface area contributed by atoms with E-state index in [1.807, 2.05) is 0 Å². The van der Waals surface area contributed by atoms with E-state index in [2.05, 4.69) is 20.8 Å². The third-order valence-electron chi connectivity index (χ3n) is 5.33. The van der Waals surface area contributed by atoms with Gasteiger partial charge in [0.25, 0.3) is 0 Å². The molecule has 29 heavy (non-hydrogen) atoms. The Morgan fingerprint density at radius 3 is 2.66 bits per heavy atom. The van der Waals surface area contributed by atoms with Gasteiger partial charge >= 0.3 is 5.97 Å². The van der Waals surface area contributed by atoms with Gasteiger partial charge < -0.3 is 14.9 Å². The Morgan fingerprint density at radius 1 is 1.34 bits per heavy atom. The topological polar surface area (TPSA) is 60.9 Å². The van der Waals surface area contributed by atoms with Crippen LogP contribution < -0.4 is 4.90 Å². The predicted molar refractivity (Wildman–Crippen MR) is 110 cm³/mol. The number of rotatable bonds is 6. The van der Waals surface area contributed by atoms with Crippen molar-refractivity contribution < 1.29 is 23.5 Å². The maximum atomic E-state index is 14.8. The van der Waals surface area contributed by atoms with Crippen molar-refractivity contribution in [3.63, 3.8) is 0 Å². The second kappa shape index (κ2) is 8.50. The molecule has 0 saturated carbocycles. The Hall–Kier alpha value is -1.83. The van der Waals surface area contributed by atoms with E-state index < -0.39 is 28.6 Å². The van der Waals surface area contributed by atoms with Crippen molar-refractivity contribution in [3.8, 4) is 0 Å². The number of carbonyl (C=O) groups is 2. The summed E-state index contributed by atoms with van der Waals surface area (Å²) in [5, 5.41) is 8.01. The molecule has 0 spiro atoms. The second-order valence-corrected chi connectivity index (χ2v) is 10.2. The Kier molecular flexibility index (Phi) is 6.41. The van der Waals surface area contributed by atoms with Gasteiger partial charge in [0.05, 0.1) is 17.4 Å². The van der Waals surface area contributed by atoms with Crippen LogP contribution in [0.25, 0.3) is 0 Å². The summed E-state index contributed by atoms with van der Waals surface area (Å²) < 4.78 is 28.6. The molecule has 5 nitrogen and oxygen atoms in total. The number of hydrogen-bond donors (Lipinski definition) is 1. The minimum atomic E-state index is -1.04. The molecule has 160 valence electrons. The molecule has 0 aliphatic carbocycles. The maximum absolute atomic E-state index is 14.8. The molecule has 0 aromatic heterocycles. The van der Waals surface area contributed by atoms with Crippen molar-refractivity contribution in [2.75, 3.05) is 24.5 Å². The van der Waals surface area contributed by atoms with Gasteiger partial charge in [0, 0.05) is 25.2 Å². The number of carbonyl (C=O) groups excluding carboxylic acids is 1. The van der Waals surface area contributed by atoms with E-state index in [-0.39, 0.29) is 24.3 Å². The molecule has 1 unspecified atom stereocenters. The van der Waals surface area contributed by atoms with Crippen LogP contribution in [0, 0.1) is 11.2 Å². The van der Waals surface area contributed by atoms with Crippen LogP contribution in [-0.4, -0.2) is 52.9 Å². The Morgan fingerprint density at radius 2 is 2.07 bits per heavy atom. The maximum Gasteiger partial charge on any atom is 0.305 e. The SMILES string of the molecule is CC(C)(C)CCN1C(=O)[C@H](CC(=O)O)SC1c1cccc(F)c1N1CC[C@H](F)C1. The van der Waals surface area contributed by atoms with Crippen molar-refractivity contribution in [2.24, 2.45) is 5.41 Å². The third kappa shape index (κ3) is 5.02. The van der Waals surface area contributed by atoms with Gasteiger partial charge in [-0.15, -0.1) is 11.8 Å². The number of para-hydroxylation sites is 1. The standard InChI is InChI=1S/C21H28F2N2O3S/c1-21(2,3)8-10-25-19(28)16(11-17(26)27)29-20(25)14-5-4-6-15(23)18(14)24-9-7-13(22)12-24/h4-6,13,16,20H,7-12H2,1-3H3,(H,26,27)/t13-,16-,20?/m0/s1. The highest BCUT2D eigenvalue weighted by Crippen LogP contribution is 2.48. The molecule has 3 rings (SSSR count). The van der Waals surface area contributed by atoms with E-state index in [9.17, 15) is 23.5 Å². The van der Waals surface area contributed by atoms with Crippen molar-refractivity contribution in [1.82, 2.24) is 4.90 Å². The molecule has 1 aromatic rings. The fraction of sp³-hybridized carbons (Fsp3) is 0.619. The van der Waals surface area contributed by atoms with Crippen LogP contribution in [0.2, 0.25) is 0 Å². The number of alkyl halides is 1. The smallest absolute Gasteiger partial charge is 0.305 e. The van der Waals surface area contributed by atoms with Gasteiger partial charge in [0.1, 0.15) is 17.4 Å². The van der Waals surface area contributed by atoms with Gasteiger partial charge in [-0.2, -0.15) is 0 Å². The van der Waals surface area contributed by atoms with Crippen LogP contribution in [0.5, 0.6) is 0 Å². The van der Waals surface area contributed by atoms with E-state index >= 15 is 0 Å². The van der Waals surface area contributed by atoms with Crippen LogP contribution in [0.4, 0.5) is 14.5 Å². The van der Waals surface area contributed by atoms with Gasteiger partial charge in [-0.1, -0.05) is 32.9 Å². The zero-order valence-corrected chi connectivity index (χ0v) is 17.8. The zero-order chi connectivity index (χ0) is 21.3. The van der Waals surface area contributed by atoms with Gasteiger partial charge in [0.15, 0.2) is 0 Å².